The molecule has 0 aliphatic carbocycles. The highest BCUT2D eigenvalue weighted by Crippen LogP contribution is 2.27. The molecule has 0 N–H and O–H groups in total. The summed E-state index contributed by atoms with van der Waals surface area (Å²) in [6.07, 6.45) is 3.91. The lowest BCUT2D eigenvalue weighted by Gasteiger charge is -2.30. The van der Waals surface area contributed by atoms with Crippen molar-refractivity contribution in [3.8, 4) is 0 Å². The normalized spacial score (nSPS) is 12.7. The predicted octanol–water partition coefficient (Wildman–Crippen LogP) is 4.39. The van der Waals surface area contributed by atoms with Gasteiger partial charge in [0.05, 0.1) is 5.37 Å². The van der Waals surface area contributed by atoms with Crippen molar-refractivity contribution in [1.29, 1.82) is 0 Å². The lowest BCUT2D eigenvalue weighted by atomic mass is 10.2. The zero-order valence-electron chi connectivity index (χ0n) is 10.6. The van der Waals surface area contributed by atoms with Gasteiger partial charge in [-0.25, -0.2) is 4.79 Å². The second kappa shape index (κ2) is 8.02. The molecule has 1 unspecified atom stereocenters. The van der Waals surface area contributed by atoms with E-state index in [4.69, 9.17) is 4.74 Å². The number of carbonyl (C=O) groups is 1. The van der Waals surface area contributed by atoms with Crippen molar-refractivity contribution in [3.05, 3.63) is 25.3 Å². The number of hydrogen-bond donors (Lipinski definition) is 0. The maximum absolute atomic E-state index is 12.0. The first kappa shape index (κ1) is 16.8. The molecule has 1 amide bonds. The lowest BCUT2D eigenvalue weighted by Crippen LogP contribution is -2.41. The first-order valence-electron chi connectivity index (χ1n) is 5.34. The van der Waals surface area contributed by atoms with Crippen LogP contribution in [0.2, 0.25) is 0 Å². The fourth-order valence-corrected chi connectivity index (χ4v) is 3.05. The molecular weight excluding hydrogens is 349 g/mol. The highest BCUT2D eigenvalue weighted by Gasteiger charge is 2.26. The van der Waals surface area contributed by atoms with E-state index in [1.165, 1.54) is 0 Å². The van der Waals surface area contributed by atoms with E-state index in [2.05, 4.69) is 34.4 Å². The molecule has 0 fully saturated rings. The minimum atomic E-state index is -0.481. The molecule has 0 radical (unpaired) electrons. The van der Waals surface area contributed by atoms with E-state index in [9.17, 15) is 4.79 Å². The van der Waals surface area contributed by atoms with Crippen molar-refractivity contribution in [2.24, 2.45) is 0 Å². The van der Waals surface area contributed by atoms with E-state index in [1.54, 1.807) is 26.0 Å². The van der Waals surface area contributed by atoms with Crippen molar-refractivity contribution in [1.82, 2.24) is 4.90 Å². The van der Waals surface area contributed by atoms with E-state index in [0.717, 1.165) is 6.42 Å². The summed E-state index contributed by atoms with van der Waals surface area (Å²) in [6.45, 7) is 13.4. The van der Waals surface area contributed by atoms with Gasteiger partial charge in [0.1, 0.15) is 5.60 Å². The second-order valence-electron chi connectivity index (χ2n) is 4.49. The molecular formula is C12H20INO2S. The summed E-state index contributed by atoms with van der Waals surface area (Å²) in [4.78, 5) is 13.7. The van der Waals surface area contributed by atoms with Crippen LogP contribution in [0.1, 0.15) is 27.2 Å². The molecule has 0 saturated carbocycles. The van der Waals surface area contributed by atoms with Gasteiger partial charge in [0.2, 0.25) is 0 Å². The Balaban J connectivity index is 4.74. The average Bonchev–Trinajstić information content (AvgIpc) is 2.20. The Morgan fingerprint density at radius 1 is 1.47 bits per heavy atom. The highest BCUT2D eigenvalue weighted by molar-refractivity contribution is 14.2. The summed E-state index contributed by atoms with van der Waals surface area (Å²) in [5.74, 6) is 0. The number of hydrogen-bond acceptors (Lipinski definition) is 3. The third-order valence-electron chi connectivity index (χ3n) is 1.77. The second-order valence-corrected chi connectivity index (χ2v) is 6.74. The number of nitrogens with zero attached hydrogens (tertiary/aromatic N) is 1. The Hall–Kier alpha value is -0.170. The van der Waals surface area contributed by atoms with Crippen molar-refractivity contribution >= 4 is 36.2 Å². The molecule has 0 rings (SSSR count). The van der Waals surface area contributed by atoms with Crippen LogP contribution in [0, 0.1) is 0 Å². The summed E-state index contributed by atoms with van der Waals surface area (Å²) in [6, 6.07) is 0. The quantitative estimate of drug-likeness (QED) is 0.395. The molecule has 0 aromatic heterocycles. The van der Waals surface area contributed by atoms with Crippen LogP contribution < -0.4 is 0 Å². The van der Waals surface area contributed by atoms with Gasteiger partial charge < -0.3 is 4.74 Å². The maximum Gasteiger partial charge on any atom is 0.411 e. The maximum atomic E-state index is 12.0. The molecule has 5 heteroatoms. The van der Waals surface area contributed by atoms with Gasteiger partial charge in [-0.2, -0.15) is 0 Å². The summed E-state index contributed by atoms with van der Waals surface area (Å²) in [7, 11) is 1.57. The Morgan fingerprint density at radius 2 is 2.06 bits per heavy atom. The van der Waals surface area contributed by atoms with Gasteiger partial charge in [0.15, 0.2) is 0 Å². The first-order valence-corrected chi connectivity index (χ1v) is 8.76. The van der Waals surface area contributed by atoms with Gasteiger partial charge in [0.25, 0.3) is 0 Å². The van der Waals surface area contributed by atoms with Gasteiger partial charge in [-0.05, 0) is 48.4 Å². The Morgan fingerprint density at radius 3 is 2.41 bits per heavy atom. The third-order valence-corrected chi connectivity index (χ3v) is 4.19. The molecule has 17 heavy (non-hydrogen) atoms. The smallest absolute Gasteiger partial charge is 0.411 e. The van der Waals surface area contributed by atoms with Crippen molar-refractivity contribution in [3.63, 3.8) is 0 Å². The van der Waals surface area contributed by atoms with Crippen LogP contribution in [0.3, 0.4) is 0 Å². The van der Waals surface area contributed by atoms with Gasteiger partial charge >= 0.3 is 6.09 Å². The lowest BCUT2D eigenvalue weighted by molar-refractivity contribution is 0.0254. The predicted molar refractivity (Wildman–Crippen MR) is 83.4 cm³/mol. The van der Waals surface area contributed by atoms with Crippen LogP contribution >= 0.6 is 30.1 Å². The molecule has 0 spiro atoms. The summed E-state index contributed by atoms with van der Waals surface area (Å²) >= 11 is 2.18. The van der Waals surface area contributed by atoms with Crippen LogP contribution in [0.4, 0.5) is 4.79 Å². The molecule has 0 aliphatic rings. The summed E-state index contributed by atoms with van der Waals surface area (Å²) in [5, 5.41) is 0.0287. The highest BCUT2D eigenvalue weighted by atomic mass is 127. The minimum Gasteiger partial charge on any atom is -0.444 e. The monoisotopic (exact) mass is 369 g/mol. The fraction of sp³-hybridized carbons (Fsp3) is 0.583. The average molecular weight is 369 g/mol. The number of rotatable bonds is 6. The van der Waals surface area contributed by atoms with Gasteiger partial charge in [0, 0.05) is 6.54 Å². The van der Waals surface area contributed by atoms with Crippen LogP contribution in [-0.4, -0.2) is 28.5 Å². The minimum absolute atomic E-state index is 0.0287. The summed E-state index contributed by atoms with van der Waals surface area (Å²) in [5.41, 5.74) is -0.481. The van der Waals surface area contributed by atoms with Crippen LogP contribution in [-0.2, 0) is 4.74 Å². The molecule has 0 aliphatic heterocycles. The van der Waals surface area contributed by atoms with Gasteiger partial charge in [-0.3, -0.25) is 4.90 Å². The Bertz CT molecular complexity index is 276. The Labute approximate surface area is 120 Å². The first-order chi connectivity index (χ1) is 7.85. The number of halogens is 1. The third kappa shape index (κ3) is 6.98. The van der Waals surface area contributed by atoms with Gasteiger partial charge in [-0.1, -0.05) is 21.1 Å². The number of ether oxygens (including phenoxy) is 1. The Kier molecular flexibility index (Phi) is 7.94. The topological polar surface area (TPSA) is 29.5 Å². The van der Waals surface area contributed by atoms with Crippen LogP contribution in [0.25, 0.3) is 0 Å². The zero-order valence-corrected chi connectivity index (χ0v) is 13.6. The molecule has 3 nitrogen and oxygen atoms in total. The van der Waals surface area contributed by atoms with E-state index in [1.807, 2.05) is 20.8 Å². The van der Waals surface area contributed by atoms with Crippen LogP contribution in [0.5, 0.6) is 0 Å². The van der Waals surface area contributed by atoms with E-state index < -0.39 is 5.60 Å². The summed E-state index contributed by atoms with van der Waals surface area (Å²) < 4.78 is 5.37. The van der Waals surface area contributed by atoms with E-state index in [-0.39, 0.29) is 11.5 Å². The molecule has 98 valence electrons. The molecule has 0 heterocycles. The van der Waals surface area contributed by atoms with Gasteiger partial charge in [-0.15, -0.1) is 13.2 Å². The largest absolute Gasteiger partial charge is 0.444 e. The molecule has 0 saturated heterocycles. The fourth-order valence-electron chi connectivity index (χ4n) is 1.12. The number of amides is 1. The molecule has 0 aromatic carbocycles. The van der Waals surface area contributed by atoms with Crippen LogP contribution in [0.15, 0.2) is 25.3 Å². The van der Waals surface area contributed by atoms with Crippen molar-refractivity contribution in [2.75, 3.05) is 6.54 Å². The van der Waals surface area contributed by atoms with E-state index in [0.29, 0.717) is 6.54 Å². The molecule has 0 aromatic rings. The molecule has 0 bridgehead atoms. The molecule has 1 atom stereocenters. The van der Waals surface area contributed by atoms with Crippen molar-refractivity contribution < 1.29 is 9.53 Å². The standard InChI is InChI=1S/C12H20INO2S/c1-6-8-10(17-13)14(9-7-2)11(15)16-12(3,4)5/h6-7,10H,1-2,8-9H2,3-5H3. The zero-order chi connectivity index (χ0) is 13.5. The SMILES string of the molecule is C=CCC(SI)N(CC=C)C(=O)OC(C)(C)C. The number of carbonyl (C=O) groups excluding carboxylic acids is 1. The van der Waals surface area contributed by atoms with Crippen molar-refractivity contribution in [2.45, 2.75) is 38.2 Å². The van der Waals surface area contributed by atoms with E-state index >= 15 is 0 Å².